The lowest BCUT2D eigenvalue weighted by Crippen LogP contribution is -2.51. The normalized spacial score (nSPS) is 18.4. The van der Waals surface area contributed by atoms with E-state index in [1.165, 1.54) is 6.07 Å². The molecular weight excluding hydrogens is 476 g/mol. The Morgan fingerprint density at radius 2 is 2.00 bits per heavy atom. The Morgan fingerprint density at radius 3 is 2.70 bits per heavy atom. The van der Waals surface area contributed by atoms with Crippen LogP contribution in [0.2, 0.25) is 0 Å². The largest absolute Gasteiger partial charge is 0.437 e. The molecule has 192 valence electrons. The number of benzene rings is 2. The highest BCUT2D eigenvalue weighted by atomic mass is 19.1. The minimum atomic E-state index is -0.714. The summed E-state index contributed by atoms with van der Waals surface area (Å²) in [5, 5.41) is 15.9. The van der Waals surface area contributed by atoms with Crippen molar-refractivity contribution < 1.29 is 13.5 Å². The van der Waals surface area contributed by atoms with Gasteiger partial charge in [0.25, 0.3) is 0 Å². The van der Waals surface area contributed by atoms with Crippen molar-refractivity contribution >= 4 is 28.1 Å². The number of nitrogens with zero attached hydrogens (tertiary/aromatic N) is 4. The van der Waals surface area contributed by atoms with Crippen LogP contribution in [0.3, 0.4) is 0 Å². The maximum atomic E-state index is 15.1. The summed E-state index contributed by atoms with van der Waals surface area (Å²) in [6.45, 7) is 10.3. The molecule has 0 amide bonds. The molecule has 3 N–H and O–H groups in total. The van der Waals surface area contributed by atoms with Gasteiger partial charge in [0.1, 0.15) is 12.7 Å². The van der Waals surface area contributed by atoms with Crippen LogP contribution >= 0.6 is 0 Å². The molecule has 2 aliphatic rings. The first-order valence-electron chi connectivity index (χ1n) is 12.3. The summed E-state index contributed by atoms with van der Waals surface area (Å²) < 4.78 is 35.3. The summed E-state index contributed by atoms with van der Waals surface area (Å²) in [5.41, 5.74) is 2.64. The number of ether oxygens (including phenoxy) is 1. The molecule has 37 heavy (non-hydrogen) atoms. The van der Waals surface area contributed by atoms with Gasteiger partial charge in [0, 0.05) is 54.2 Å². The molecule has 0 bridgehead atoms. The van der Waals surface area contributed by atoms with E-state index in [2.05, 4.69) is 50.3 Å². The van der Waals surface area contributed by atoms with E-state index in [9.17, 15) is 9.65 Å². The number of H-pyrrole nitrogens is 1. The fourth-order valence-electron chi connectivity index (χ4n) is 4.87. The molecular formula is C27H29F2N7O. The number of nitriles is 1. The van der Waals surface area contributed by atoms with Crippen LogP contribution in [0, 0.1) is 29.9 Å². The Labute approximate surface area is 214 Å². The maximum absolute atomic E-state index is 15.1. The van der Waals surface area contributed by atoms with Gasteiger partial charge in [-0.25, -0.2) is 13.8 Å². The van der Waals surface area contributed by atoms with Gasteiger partial charge in [0.2, 0.25) is 5.88 Å². The molecule has 3 heterocycles. The summed E-state index contributed by atoms with van der Waals surface area (Å²) in [6.07, 6.45) is 0. The zero-order chi connectivity index (χ0) is 26.1. The van der Waals surface area contributed by atoms with E-state index in [-0.39, 0.29) is 40.6 Å². The molecule has 0 aliphatic carbocycles. The third kappa shape index (κ3) is 4.82. The van der Waals surface area contributed by atoms with Crippen molar-refractivity contribution in [1.82, 2.24) is 15.2 Å². The fourth-order valence-corrected chi connectivity index (χ4v) is 4.87. The van der Waals surface area contributed by atoms with Crippen LogP contribution in [0.25, 0.3) is 10.9 Å². The van der Waals surface area contributed by atoms with Crippen LogP contribution in [0.1, 0.15) is 19.5 Å². The number of anilines is 2. The number of aliphatic imine (C=N–C) groups is 1. The summed E-state index contributed by atoms with van der Waals surface area (Å²) >= 11 is 0. The Morgan fingerprint density at radius 1 is 1.22 bits per heavy atom. The standard InChI is InChI=1S/C27H29F2N7O/c1-4-35-9-10-36(14-17(35)3)19-7-5-18(6-8-19)34-26-21(13-30)27(32-15-31-26)37-23-12-22(28)25-20(24(23)29)11-16(2)33-25/h5-8,11-12,17,32-33H,4,9-10,14-15H2,1-3H3,(H,31,34). The minimum Gasteiger partial charge on any atom is -0.437 e. The first kappa shape index (κ1) is 24.6. The number of rotatable bonds is 5. The van der Waals surface area contributed by atoms with E-state index in [0.29, 0.717) is 11.7 Å². The predicted octanol–water partition coefficient (Wildman–Crippen LogP) is 4.47. The predicted molar refractivity (Wildman–Crippen MR) is 141 cm³/mol. The van der Waals surface area contributed by atoms with E-state index >= 15 is 4.39 Å². The number of aromatic nitrogens is 1. The average Bonchev–Trinajstić information content (AvgIpc) is 3.30. The monoisotopic (exact) mass is 505 g/mol. The lowest BCUT2D eigenvalue weighted by atomic mass is 10.1. The summed E-state index contributed by atoms with van der Waals surface area (Å²) in [7, 11) is 0. The van der Waals surface area contributed by atoms with Crippen LogP contribution in [0.15, 0.2) is 52.8 Å². The average molecular weight is 506 g/mol. The summed E-state index contributed by atoms with van der Waals surface area (Å²) in [5.74, 6) is -1.39. The van der Waals surface area contributed by atoms with Crippen molar-refractivity contribution in [3.8, 4) is 11.8 Å². The fraction of sp³-hybridized carbons (Fsp3) is 0.333. The van der Waals surface area contributed by atoms with Gasteiger partial charge < -0.3 is 25.3 Å². The van der Waals surface area contributed by atoms with Crippen LogP contribution in [-0.2, 0) is 0 Å². The number of aryl methyl sites for hydroxylation is 1. The van der Waals surface area contributed by atoms with Crippen molar-refractivity contribution in [3.05, 3.63) is 65.2 Å². The lowest BCUT2D eigenvalue weighted by molar-refractivity contribution is 0.199. The topological polar surface area (TPSA) is 91.7 Å². The maximum Gasteiger partial charge on any atom is 0.216 e. The van der Waals surface area contributed by atoms with Crippen molar-refractivity contribution in [3.63, 3.8) is 0 Å². The zero-order valence-electron chi connectivity index (χ0n) is 21.0. The van der Waals surface area contributed by atoms with Gasteiger partial charge in [-0.3, -0.25) is 4.90 Å². The SMILES string of the molecule is CCN1CCN(c2ccc(NC3=NCNC(Oc4cc(F)c5[nH]c(C)cc5c4F)=C3C#N)cc2)CC1C. The molecule has 10 heteroatoms. The van der Waals surface area contributed by atoms with Gasteiger partial charge in [0.15, 0.2) is 28.8 Å². The van der Waals surface area contributed by atoms with Crippen molar-refractivity contribution in [2.24, 2.45) is 4.99 Å². The van der Waals surface area contributed by atoms with E-state index in [4.69, 9.17) is 4.74 Å². The molecule has 2 aliphatic heterocycles. The van der Waals surface area contributed by atoms with Gasteiger partial charge in [-0.05, 0) is 50.7 Å². The van der Waals surface area contributed by atoms with Gasteiger partial charge in [-0.15, -0.1) is 0 Å². The number of aromatic amines is 1. The van der Waals surface area contributed by atoms with Gasteiger partial charge in [-0.2, -0.15) is 5.26 Å². The molecule has 0 saturated carbocycles. The molecule has 2 aromatic carbocycles. The zero-order valence-corrected chi connectivity index (χ0v) is 21.0. The molecule has 0 radical (unpaired) electrons. The van der Waals surface area contributed by atoms with E-state index in [1.807, 2.05) is 24.3 Å². The number of hydrogen-bond donors (Lipinski definition) is 3. The minimum absolute atomic E-state index is 0.00399. The highest BCUT2D eigenvalue weighted by molar-refractivity contribution is 6.11. The third-order valence-corrected chi connectivity index (χ3v) is 6.83. The van der Waals surface area contributed by atoms with Gasteiger partial charge >= 0.3 is 0 Å². The summed E-state index contributed by atoms with van der Waals surface area (Å²) in [4.78, 5) is 12.0. The number of likely N-dealkylation sites (N-methyl/N-ethyl adjacent to an activating group) is 1. The third-order valence-electron chi connectivity index (χ3n) is 6.83. The molecule has 1 unspecified atom stereocenters. The van der Waals surface area contributed by atoms with Crippen molar-refractivity contribution in [1.29, 1.82) is 5.26 Å². The Bertz CT molecular complexity index is 1420. The molecule has 5 rings (SSSR count). The van der Waals surface area contributed by atoms with Crippen molar-refractivity contribution in [2.45, 2.75) is 26.8 Å². The van der Waals surface area contributed by atoms with E-state index < -0.39 is 11.6 Å². The molecule has 1 fully saturated rings. The first-order chi connectivity index (χ1) is 17.9. The van der Waals surface area contributed by atoms with Crippen LogP contribution in [-0.4, -0.2) is 54.6 Å². The number of piperazine rings is 1. The van der Waals surface area contributed by atoms with Crippen LogP contribution in [0.5, 0.6) is 5.75 Å². The molecule has 8 nitrogen and oxygen atoms in total. The van der Waals surface area contributed by atoms with E-state index in [0.717, 1.165) is 43.6 Å². The van der Waals surface area contributed by atoms with E-state index in [1.54, 1.807) is 6.92 Å². The molecule has 1 saturated heterocycles. The highest BCUT2D eigenvalue weighted by Gasteiger charge is 2.24. The number of hydrogen-bond acceptors (Lipinski definition) is 7. The number of halogens is 2. The van der Waals surface area contributed by atoms with Gasteiger partial charge in [-0.1, -0.05) is 6.92 Å². The Hall–Kier alpha value is -4.10. The number of amidine groups is 1. The second-order valence-corrected chi connectivity index (χ2v) is 9.27. The summed E-state index contributed by atoms with van der Waals surface area (Å²) in [6, 6.07) is 13.0. The van der Waals surface area contributed by atoms with Crippen LogP contribution in [0.4, 0.5) is 20.2 Å². The number of nitrogens with one attached hydrogen (secondary N) is 3. The highest BCUT2D eigenvalue weighted by Crippen LogP contribution is 2.31. The lowest BCUT2D eigenvalue weighted by Gasteiger charge is -2.40. The second-order valence-electron chi connectivity index (χ2n) is 9.27. The quantitative estimate of drug-likeness (QED) is 0.474. The molecule has 3 aromatic rings. The van der Waals surface area contributed by atoms with Crippen molar-refractivity contribution in [2.75, 3.05) is 43.1 Å². The Kier molecular flexibility index (Phi) is 6.72. The van der Waals surface area contributed by atoms with Crippen LogP contribution < -0.4 is 20.3 Å². The molecule has 1 aromatic heterocycles. The number of fused-ring (bicyclic) bond motifs is 1. The molecule has 1 atom stereocenters. The second kappa shape index (κ2) is 10.1. The molecule has 0 spiro atoms. The van der Waals surface area contributed by atoms with Gasteiger partial charge in [0.05, 0.1) is 5.52 Å². The Balaban J connectivity index is 1.34. The smallest absolute Gasteiger partial charge is 0.216 e. The first-order valence-corrected chi connectivity index (χ1v) is 12.3.